The van der Waals surface area contributed by atoms with Gasteiger partial charge in [-0.2, -0.15) is 0 Å². The lowest BCUT2D eigenvalue weighted by Gasteiger charge is -2.32. The highest BCUT2D eigenvalue weighted by molar-refractivity contribution is 6.32. The highest BCUT2D eigenvalue weighted by Gasteiger charge is 2.41. The average Bonchev–Trinajstić information content (AvgIpc) is 2.35. The zero-order valence-electron chi connectivity index (χ0n) is 9.33. The normalized spacial score (nSPS) is 22.3. The van der Waals surface area contributed by atoms with E-state index in [9.17, 15) is 0 Å². The number of hydrogen-bond acceptors (Lipinski definition) is 1. The molecule has 0 aliphatic carbocycles. The lowest BCUT2D eigenvalue weighted by atomic mass is 9.87. The van der Waals surface area contributed by atoms with Gasteiger partial charge in [-0.25, -0.2) is 0 Å². The largest absolute Gasteiger partial charge is 0.295 e. The summed E-state index contributed by atoms with van der Waals surface area (Å²) < 4.78 is 0. The summed E-state index contributed by atoms with van der Waals surface area (Å²) in [6.45, 7) is 6.60. The fourth-order valence-electron chi connectivity index (χ4n) is 2.22. The predicted octanol–water partition coefficient (Wildman–Crippen LogP) is 1.77. The molecule has 1 heterocycles. The molecule has 0 saturated heterocycles. The van der Waals surface area contributed by atoms with Gasteiger partial charge in [-0.15, -0.1) is 0 Å². The minimum Gasteiger partial charge on any atom is -0.295 e. The van der Waals surface area contributed by atoms with Gasteiger partial charge in [0.1, 0.15) is 0 Å². The molecule has 2 rings (SSSR count). The van der Waals surface area contributed by atoms with E-state index in [1.54, 1.807) is 0 Å². The summed E-state index contributed by atoms with van der Waals surface area (Å²) in [4.78, 5) is 2.02. The Morgan fingerprint density at radius 3 is 2.73 bits per heavy atom. The third-order valence-corrected chi connectivity index (χ3v) is 3.81. The van der Waals surface area contributed by atoms with Crippen molar-refractivity contribution in [2.45, 2.75) is 32.2 Å². The first kappa shape index (κ1) is 10.3. The van der Waals surface area contributed by atoms with Crippen LogP contribution < -0.4 is 10.1 Å². The van der Waals surface area contributed by atoms with E-state index >= 15 is 0 Å². The number of anilines is 1. The second-order valence-electron chi connectivity index (χ2n) is 4.61. The van der Waals surface area contributed by atoms with Crippen molar-refractivity contribution in [3.8, 4) is 12.5 Å². The van der Waals surface area contributed by atoms with Crippen LogP contribution in [0.5, 0.6) is 0 Å². The first-order valence-corrected chi connectivity index (χ1v) is 5.60. The van der Waals surface area contributed by atoms with Crippen LogP contribution >= 0.6 is 0 Å². The second kappa shape index (κ2) is 3.14. The standard InChI is InChI=1S/C13H14NSi/c1-5-14-12-8-10(15)6-7-11(12)9(2)13(14,3)4/h1,6-9H,2-4H3. The Hall–Kier alpha value is -1.20. The van der Waals surface area contributed by atoms with Crippen LogP contribution in [0, 0.1) is 12.5 Å². The van der Waals surface area contributed by atoms with Crippen molar-refractivity contribution in [1.82, 2.24) is 0 Å². The third kappa shape index (κ3) is 1.31. The summed E-state index contributed by atoms with van der Waals surface area (Å²) in [6, 6.07) is 9.10. The number of terminal acetylenes is 1. The van der Waals surface area contributed by atoms with Crippen molar-refractivity contribution in [3.05, 3.63) is 23.8 Å². The smallest absolute Gasteiger partial charge is 0.0712 e. The summed E-state index contributed by atoms with van der Waals surface area (Å²) in [5.41, 5.74) is 2.49. The highest BCUT2D eigenvalue weighted by atomic mass is 28.1. The van der Waals surface area contributed by atoms with E-state index in [1.165, 1.54) is 5.56 Å². The Morgan fingerprint density at radius 2 is 2.13 bits per heavy atom. The van der Waals surface area contributed by atoms with Crippen molar-refractivity contribution < 1.29 is 0 Å². The molecule has 75 valence electrons. The fourth-order valence-corrected chi connectivity index (χ4v) is 2.44. The molecular formula is C13H14NSi. The number of rotatable bonds is 0. The van der Waals surface area contributed by atoms with Gasteiger partial charge in [0.15, 0.2) is 0 Å². The molecule has 15 heavy (non-hydrogen) atoms. The highest BCUT2D eigenvalue weighted by Crippen LogP contribution is 2.46. The second-order valence-corrected chi connectivity index (χ2v) is 5.19. The number of nitrogens with zero attached hydrogens (tertiary/aromatic N) is 1. The van der Waals surface area contributed by atoms with Gasteiger partial charge in [-0.05, 0) is 25.5 Å². The van der Waals surface area contributed by atoms with Gasteiger partial charge in [-0.3, -0.25) is 4.90 Å². The lowest BCUT2D eigenvalue weighted by Crippen LogP contribution is -2.39. The summed E-state index contributed by atoms with van der Waals surface area (Å²) >= 11 is 0. The Balaban J connectivity index is 2.64. The van der Waals surface area contributed by atoms with Gasteiger partial charge in [0, 0.05) is 12.0 Å². The van der Waals surface area contributed by atoms with E-state index < -0.39 is 0 Å². The molecule has 0 aromatic heterocycles. The molecule has 1 aliphatic heterocycles. The van der Waals surface area contributed by atoms with Gasteiger partial charge >= 0.3 is 0 Å². The quantitative estimate of drug-likeness (QED) is 0.468. The maximum absolute atomic E-state index is 5.60. The van der Waals surface area contributed by atoms with E-state index in [4.69, 9.17) is 6.42 Å². The van der Waals surface area contributed by atoms with Crippen LogP contribution in [0.4, 0.5) is 5.69 Å². The van der Waals surface area contributed by atoms with Crippen LogP contribution in [-0.2, 0) is 0 Å². The van der Waals surface area contributed by atoms with Crippen LogP contribution in [0.1, 0.15) is 32.3 Å². The van der Waals surface area contributed by atoms with Crippen molar-refractivity contribution in [1.29, 1.82) is 0 Å². The number of hydrogen-bond donors (Lipinski definition) is 0. The third-order valence-electron chi connectivity index (χ3n) is 3.50. The van der Waals surface area contributed by atoms with Crippen molar-refractivity contribution in [2.24, 2.45) is 0 Å². The molecule has 3 radical (unpaired) electrons. The monoisotopic (exact) mass is 212 g/mol. The van der Waals surface area contributed by atoms with Gasteiger partial charge in [-0.1, -0.05) is 30.7 Å². The first-order valence-electron chi connectivity index (χ1n) is 5.10. The summed E-state index contributed by atoms with van der Waals surface area (Å²) in [5.74, 6) is 0.454. The molecular weight excluding hydrogens is 198 g/mol. The summed E-state index contributed by atoms with van der Waals surface area (Å²) in [7, 11) is 3.53. The molecule has 0 bridgehead atoms. The van der Waals surface area contributed by atoms with Crippen LogP contribution in [0.3, 0.4) is 0 Å². The minimum absolute atomic E-state index is 0.00288. The Kier molecular flexibility index (Phi) is 2.16. The molecule has 1 unspecified atom stereocenters. The fraction of sp³-hybridized carbons (Fsp3) is 0.385. The maximum atomic E-state index is 5.60. The van der Waals surface area contributed by atoms with Gasteiger partial charge < -0.3 is 0 Å². The zero-order valence-corrected chi connectivity index (χ0v) is 10.3. The van der Waals surface area contributed by atoms with Crippen molar-refractivity contribution >= 4 is 21.1 Å². The van der Waals surface area contributed by atoms with Gasteiger partial charge in [0.05, 0.1) is 21.5 Å². The van der Waals surface area contributed by atoms with E-state index in [-0.39, 0.29) is 5.54 Å². The summed E-state index contributed by atoms with van der Waals surface area (Å²) in [6.07, 6.45) is 5.60. The van der Waals surface area contributed by atoms with E-state index in [0.29, 0.717) is 5.92 Å². The van der Waals surface area contributed by atoms with Crippen molar-refractivity contribution in [2.75, 3.05) is 4.90 Å². The predicted molar refractivity (Wildman–Crippen MR) is 65.6 cm³/mol. The maximum Gasteiger partial charge on any atom is 0.0712 e. The molecule has 1 aromatic carbocycles. The zero-order chi connectivity index (χ0) is 11.2. The van der Waals surface area contributed by atoms with Crippen LogP contribution in [0.25, 0.3) is 0 Å². The van der Waals surface area contributed by atoms with Crippen LogP contribution in [0.2, 0.25) is 0 Å². The molecule has 1 aliphatic rings. The van der Waals surface area contributed by atoms with E-state index in [2.05, 4.69) is 55.3 Å². The molecule has 0 fully saturated rings. The molecule has 0 spiro atoms. The lowest BCUT2D eigenvalue weighted by molar-refractivity contribution is 0.460. The Bertz CT molecular complexity index is 442. The number of benzene rings is 1. The SMILES string of the molecule is C#CN1c2cc([Si])ccc2C(C)C1(C)C. The van der Waals surface area contributed by atoms with Crippen molar-refractivity contribution in [3.63, 3.8) is 0 Å². The molecule has 1 atom stereocenters. The minimum atomic E-state index is -0.00288. The number of fused-ring (bicyclic) bond motifs is 1. The first-order chi connectivity index (χ1) is 6.98. The van der Waals surface area contributed by atoms with Crippen LogP contribution in [-0.4, -0.2) is 15.8 Å². The molecule has 2 heteroatoms. The van der Waals surface area contributed by atoms with Gasteiger partial charge in [0.25, 0.3) is 0 Å². The van der Waals surface area contributed by atoms with E-state index in [0.717, 1.165) is 10.9 Å². The Morgan fingerprint density at radius 1 is 1.47 bits per heavy atom. The topological polar surface area (TPSA) is 3.24 Å². The van der Waals surface area contributed by atoms with Gasteiger partial charge in [0.2, 0.25) is 0 Å². The molecule has 0 amide bonds. The molecule has 0 saturated carbocycles. The summed E-state index contributed by atoms with van der Waals surface area (Å²) in [5, 5.41) is 1.07. The Labute approximate surface area is 94.9 Å². The average molecular weight is 212 g/mol. The van der Waals surface area contributed by atoms with Crippen LogP contribution in [0.15, 0.2) is 18.2 Å². The molecule has 1 aromatic rings. The molecule has 0 N–H and O–H groups in total. The molecule has 1 nitrogen and oxygen atoms in total. The van der Waals surface area contributed by atoms with E-state index in [1.807, 2.05) is 4.90 Å².